The van der Waals surface area contributed by atoms with Crippen molar-refractivity contribution < 1.29 is 18.9 Å². The van der Waals surface area contributed by atoms with Gasteiger partial charge in [-0.05, 0) is 24.3 Å². The Kier molecular flexibility index (Phi) is 10.5. The minimum atomic E-state index is -0.801. The molecule has 7 heteroatoms. The summed E-state index contributed by atoms with van der Waals surface area (Å²) in [5.74, 6) is 7.13. The van der Waals surface area contributed by atoms with E-state index < -0.39 is 5.41 Å². The van der Waals surface area contributed by atoms with Gasteiger partial charge in [0.15, 0.2) is 0 Å². The minimum Gasteiger partial charge on any atom is -0.691 e. The summed E-state index contributed by atoms with van der Waals surface area (Å²) >= 11 is 0. The van der Waals surface area contributed by atoms with Crippen molar-refractivity contribution in [3.8, 4) is 46.3 Å². The SMILES string of the molecule is [C-]#CCOCC(COCC#[C-])(COCC#[C-])COc1cc(-c2ccccn2)nc(-c2ccccn2)c1. The monoisotopic (exact) mass is 478 g/mol. The van der Waals surface area contributed by atoms with E-state index in [0.717, 1.165) is 0 Å². The topological polar surface area (TPSA) is 75.6 Å². The molecule has 182 valence electrons. The van der Waals surface area contributed by atoms with Crippen LogP contribution in [0.2, 0.25) is 0 Å². The lowest BCUT2D eigenvalue weighted by Crippen LogP contribution is -2.43. The van der Waals surface area contributed by atoms with Crippen molar-refractivity contribution in [1.82, 2.24) is 15.0 Å². The smallest absolute Gasteiger partial charge is 0.123 e. The van der Waals surface area contributed by atoms with Crippen LogP contribution in [-0.2, 0) is 14.2 Å². The fraction of sp³-hybridized carbons (Fsp3) is 0.276. The molecule has 0 unspecified atom stereocenters. The van der Waals surface area contributed by atoms with Crippen molar-refractivity contribution in [3.63, 3.8) is 0 Å². The Morgan fingerprint density at radius 2 is 1.11 bits per heavy atom. The minimum absolute atomic E-state index is 0.00194. The maximum atomic E-state index is 7.14. The van der Waals surface area contributed by atoms with Gasteiger partial charge >= 0.3 is 0 Å². The molecular formula is C29H24N3O4-3. The summed E-state index contributed by atoms with van der Waals surface area (Å²) in [6.45, 7) is 0.531. The van der Waals surface area contributed by atoms with Crippen LogP contribution in [0.15, 0.2) is 60.9 Å². The van der Waals surface area contributed by atoms with Gasteiger partial charge in [0.25, 0.3) is 0 Å². The van der Waals surface area contributed by atoms with Crippen LogP contribution < -0.4 is 4.74 Å². The summed E-state index contributed by atoms with van der Waals surface area (Å²) in [4.78, 5) is 13.6. The number of hydrogen-bond donors (Lipinski definition) is 0. The zero-order chi connectivity index (χ0) is 25.5. The summed E-state index contributed by atoms with van der Waals surface area (Å²) in [5, 5.41) is 0. The van der Waals surface area contributed by atoms with Gasteiger partial charge in [0.1, 0.15) is 12.4 Å². The largest absolute Gasteiger partial charge is 0.691 e. The molecule has 0 aliphatic heterocycles. The molecule has 0 saturated heterocycles. The van der Waals surface area contributed by atoms with Crippen LogP contribution in [0.25, 0.3) is 22.8 Å². The molecule has 0 saturated carbocycles. The van der Waals surface area contributed by atoms with Crippen molar-refractivity contribution in [2.24, 2.45) is 5.41 Å². The van der Waals surface area contributed by atoms with Crippen molar-refractivity contribution in [3.05, 3.63) is 80.2 Å². The van der Waals surface area contributed by atoms with Crippen LogP contribution in [0.4, 0.5) is 0 Å². The maximum absolute atomic E-state index is 7.14. The van der Waals surface area contributed by atoms with E-state index in [1.165, 1.54) is 0 Å². The second-order valence-corrected chi connectivity index (χ2v) is 7.80. The summed E-state index contributed by atoms with van der Waals surface area (Å²) in [7, 11) is 0. The van der Waals surface area contributed by atoms with E-state index in [1.807, 2.05) is 36.4 Å². The number of hydrogen-bond acceptors (Lipinski definition) is 7. The standard InChI is InChI=1S/C29H24N3O4/c1-4-15-33-20-29(21-34-16-5-2,22-35-17-6-3)23-36-24-18-27(25-11-7-9-13-30-25)32-28(19-24)26-12-8-10-14-31-26/h7-14,18-19H,15-17,20-23H2/q-3. The van der Waals surface area contributed by atoms with Gasteiger partial charge in [-0.25, -0.2) is 4.98 Å². The molecule has 3 aromatic heterocycles. The molecule has 0 fully saturated rings. The molecule has 3 aromatic rings. The van der Waals surface area contributed by atoms with Gasteiger partial charge < -0.3 is 56.0 Å². The molecule has 3 heterocycles. The average molecular weight is 479 g/mol. The van der Waals surface area contributed by atoms with E-state index >= 15 is 0 Å². The Bertz CT molecular complexity index is 1100. The third-order valence-corrected chi connectivity index (χ3v) is 4.95. The third-order valence-electron chi connectivity index (χ3n) is 4.95. The molecular weight excluding hydrogens is 454 g/mol. The summed E-state index contributed by atoms with van der Waals surface area (Å²) in [6.07, 6.45) is 24.8. The highest BCUT2D eigenvalue weighted by atomic mass is 16.5. The van der Waals surface area contributed by atoms with Crippen molar-refractivity contribution in [1.29, 1.82) is 0 Å². The predicted molar refractivity (Wildman–Crippen MR) is 132 cm³/mol. The normalized spacial score (nSPS) is 10.7. The second-order valence-electron chi connectivity index (χ2n) is 7.80. The number of nitrogens with zero attached hydrogens (tertiary/aromatic N) is 3. The highest BCUT2D eigenvalue weighted by molar-refractivity contribution is 5.64. The number of pyridine rings is 3. The quantitative estimate of drug-likeness (QED) is 0.200. The molecule has 0 aromatic carbocycles. The maximum Gasteiger partial charge on any atom is 0.123 e. The molecule has 36 heavy (non-hydrogen) atoms. The summed E-state index contributed by atoms with van der Waals surface area (Å²) in [6, 6.07) is 14.8. The first-order valence-corrected chi connectivity index (χ1v) is 11.1. The Labute approximate surface area is 212 Å². The molecule has 0 atom stereocenters. The van der Waals surface area contributed by atoms with E-state index in [4.69, 9.17) is 43.2 Å². The number of aromatic nitrogens is 3. The Balaban J connectivity index is 1.92. The van der Waals surface area contributed by atoms with Gasteiger partial charge in [0, 0.05) is 24.5 Å². The van der Waals surface area contributed by atoms with E-state index in [0.29, 0.717) is 28.5 Å². The zero-order valence-corrected chi connectivity index (χ0v) is 19.7. The summed E-state index contributed by atoms with van der Waals surface area (Å²) < 4.78 is 23.0. The second kappa shape index (κ2) is 14.3. The lowest BCUT2D eigenvalue weighted by atomic mass is 9.92. The van der Waals surface area contributed by atoms with Crippen LogP contribution in [0.5, 0.6) is 5.75 Å². The Morgan fingerprint density at radius 1 is 0.639 bits per heavy atom. The molecule has 3 rings (SSSR count). The van der Waals surface area contributed by atoms with Crippen LogP contribution >= 0.6 is 0 Å². The lowest BCUT2D eigenvalue weighted by molar-refractivity contribution is -0.0753. The van der Waals surface area contributed by atoms with Crippen molar-refractivity contribution >= 4 is 0 Å². The zero-order valence-electron chi connectivity index (χ0n) is 19.7. The van der Waals surface area contributed by atoms with E-state index in [1.54, 1.807) is 24.5 Å². The molecule has 0 radical (unpaired) electrons. The van der Waals surface area contributed by atoms with Gasteiger partial charge in [-0.2, -0.15) is 0 Å². The van der Waals surface area contributed by atoms with Crippen LogP contribution in [0.1, 0.15) is 0 Å². The Hall–Kier alpha value is -4.19. The first kappa shape index (κ1) is 26.4. The molecule has 0 amide bonds. The number of ether oxygens (including phenoxy) is 4. The van der Waals surface area contributed by atoms with Crippen LogP contribution in [0.3, 0.4) is 0 Å². The van der Waals surface area contributed by atoms with Crippen molar-refractivity contribution in [2.45, 2.75) is 0 Å². The Morgan fingerprint density at radius 3 is 1.50 bits per heavy atom. The summed E-state index contributed by atoms with van der Waals surface area (Å²) in [5.41, 5.74) is 1.82. The molecule has 0 spiro atoms. The van der Waals surface area contributed by atoms with Crippen LogP contribution in [-0.4, -0.2) is 61.2 Å². The average Bonchev–Trinajstić information content (AvgIpc) is 2.93. The van der Waals surface area contributed by atoms with Gasteiger partial charge in [-0.1, -0.05) is 12.1 Å². The van der Waals surface area contributed by atoms with Gasteiger partial charge in [0.2, 0.25) is 0 Å². The number of rotatable bonds is 14. The van der Waals surface area contributed by atoms with Gasteiger partial charge in [0.05, 0.1) is 67.8 Å². The van der Waals surface area contributed by atoms with Gasteiger partial charge in [-0.3, -0.25) is 9.97 Å². The van der Waals surface area contributed by atoms with Gasteiger partial charge in [-0.15, -0.1) is 0 Å². The lowest BCUT2D eigenvalue weighted by Gasteiger charge is -2.33. The first-order chi connectivity index (χ1) is 17.7. The van der Waals surface area contributed by atoms with Crippen molar-refractivity contribution in [2.75, 3.05) is 46.2 Å². The highest BCUT2D eigenvalue weighted by Gasteiger charge is 2.33. The predicted octanol–water partition coefficient (Wildman–Crippen LogP) is 3.39. The molecule has 0 N–H and O–H groups in total. The van der Waals surface area contributed by atoms with E-state index in [2.05, 4.69) is 27.7 Å². The molecule has 7 nitrogen and oxygen atoms in total. The fourth-order valence-corrected chi connectivity index (χ4v) is 3.32. The molecule has 0 bridgehead atoms. The highest BCUT2D eigenvalue weighted by Crippen LogP contribution is 2.29. The fourth-order valence-electron chi connectivity index (χ4n) is 3.32. The molecule has 0 aliphatic carbocycles. The van der Waals surface area contributed by atoms with E-state index in [-0.39, 0.29) is 46.2 Å². The first-order valence-electron chi connectivity index (χ1n) is 11.1. The molecule has 0 aliphatic rings. The van der Waals surface area contributed by atoms with E-state index in [9.17, 15) is 0 Å². The third kappa shape index (κ3) is 7.94. The van der Waals surface area contributed by atoms with Crippen LogP contribution in [0, 0.1) is 42.4 Å².